The van der Waals surface area contributed by atoms with E-state index in [2.05, 4.69) is 15.3 Å². The molecule has 2 aromatic heterocycles. The molecule has 0 radical (unpaired) electrons. The first kappa shape index (κ1) is 24.7. The zero-order chi connectivity index (χ0) is 25.4. The lowest BCUT2D eigenvalue weighted by Gasteiger charge is -2.33. The Kier molecular flexibility index (Phi) is 6.55. The van der Waals surface area contributed by atoms with Crippen LogP contribution in [0, 0.1) is 12.7 Å². The summed E-state index contributed by atoms with van der Waals surface area (Å²) in [4.78, 5) is 34.9. The molecule has 0 spiro atoms. The van der Waals surface area contributed by atoms with Gasteiger partial charge in [0, 0.05) is 11.8 Å². The highest BCUT2D eigenvalue weighted by Crippen LogP contribution is 2.39. The number of anilines is 1. The molecule has 35 heavy (non-hydrogen) atoms. The second-order valence-electron chi connectivity index (χ2n) is 8.91. The fraction of sp³-hybridized carbons (Fsp3) is 0.308. The van der Waals surface area contributed by atoms with E-state index >= 15 is 0 Å². The highest BCUT2D eigenvalue weighted by Gasteiger charge is 2.44. The quantitative estimate of drug-likeness (QED) is 0.554. The van der Waals surface area contributed by atoms with E-state index < -0.39 is 21.1 Å². The third-order valence-corrected chi connectivity index (χ3v) is 8.21. The number of pyridine rings is 2. The molecule has 0 aliphatic heterocycles. The van der Waals surface area contributed by atoms with Gasteiger partial charge in [-0.05, 0) is 68.1 Å². The van der Waals surface area contributed by atoms with Crippen LogP contribution in [0.1, 0.15) is 53.1 Å². The van der Waals surface area contributed by atoms with Gasteiger partial charge in [-0.15, -0.1) is 0 Å². The maximum Gasteiger partial charge on any atom is 0.229 e. The van der Waals surface area contributed by atoms with E-state index in [1.165, 1.54) is 30.5 Å². The van der Waals surface area contributed by atoms with Crippen LogP contribution in [-0.4, -0.2) is 35.8 Å². The van der Waals surface area contributed by atoms with E-state index in [0.29, 0.717) is 41.0 Å². The highest BCUT2D eigenvalue weighted by molar-refractivity contribution is 7.91. The average Bonchev–Trinajstić information content (AvgIpc) is 2.82. The molecule has 0 saturated heterocycles. The summed E-state index contributed by atoms with van der Waals surface area (Å²) in [6.45, 7) is 5.05. The SMILES string of the molecule is CCS(=O)(=O)c1ccc(CC(=O)Nc2cc(C)c3c(n2)CCC(C)(c2ncccc2F)C3=O)cc1. The average molecular weight is 496 g/mol. The number of ketones is 1. The maximum atomic E-state index is 14.4. The molecule has 1 amide bonds. The number of benzene rings is 1. The van der Waals surface area contributed by atoms with Gasteiger partial charge in [0.05, 0.1) is 33.9 Å². The van der Waals surface area contributed by atoms with Crippen molar-refractivity contribution in [2.45, 2.75) is 50.3 Å². The first-order chi connectivity index (χ1) is 16.5. The lowest BCUT2D eigenvalue weighted by molar-refractivity contribution is -0.115. The van der Waals surface area contributed by atoms with Gasteiger partial charge >= 0.3 is 0 Å². The van der Waals surface area contributed by atoms with Crippen LogP contribution in [0.25, 0.3) is 0 Å². The Hall–Kier alpha value is -3.46. The van der Waals surface area contributed by atoms with Crippen LogP contribution in [0.2, 0.25) is 0 Å². The van der Waals surface area contributed by atoms with Gasteiger partial charge in [0.25, 0.3) is 0 Å². The summed E-state index contributed by atoms with van der Waals surface area (Å²) in [6, 6.07) is 10.6. The number of Topliss-reactive ketones (excluding diaryl/α,β-unsaturated/α-hetero) is 1. The maximum absolute atomic E-state index is 14.4. The predicted molar refractivity (Wildman–Crippen MR) is 130 cm³/mol. The molecule has 4 rings (SSSR count). The summed E-state index contributed by atoms with van der Waals surface area (Å²) in [5.41, 5.74) is 1.35. The summed E-state index contributed by atoms with van der Waals surface area (Å²) < 4.78 is 38.4. The van der Waals surface area contributed by atoms with E-state index in [1.54, 1.807) is 39.0 Å². The number of nitrogens with one attached hydrogen (secondary N) is 1. The minimum absolute atomic E-state index is 0.00857. The first-order valence-electron chi connectivity index (χ1n) is 11.3. The van der Waals surface area contributed by atoms with Crippen molar-refractivity contribution in [3.63, 3.8) is 0 Å². The van der Waals surface area contributed by atoms with Gasteiger partial charge in [0.1, 0.15) is 11.6 Å². The number of aryl methyl sites for hydroxylation is 2. The normalized spacial score (nSPS) is 17.7. The van der Waals surface area contributed by atoms with Crippen LogP contribution in [0.4, 0.5) is 10.2 Å². The molecule has 1 aliphatic rings. The van der Waals surface area contributed by atoms with Crippen molar-refractivity contribution < 1.29 is 22.4 Å². The Morgan fingerprint density at radius 3 is 2.57 bits per heavy atom. The summed E-state index contributed by atoms with van der Waals surface area (Å²) in [5.74, 6) is -0.723. The number of carbonyl (C=O) groups is 2. The fourth-order valence-electron chi connectivity index (χ4n) is 4.42. The summed E-state index contributed by atoms with van der Waals surface area (Å²) in [6.07, 6.45) is 2.31. The lowest BCUT2D eigenvalue weighted by atomic mass is 9.70. The van der Waals surface area contributed by atoms with Crippen molar-refractivity contribution >= 4 is 27.3 Å². The molecule has 0 saturated carbocycles. The van der Waals surface area contributed by atoms with Crippen molar-refractivity contribution in [3.8, 4) is 0 Å². The third-order valence-electron chi connectivity index (χ3n) is 6.46. The van der Waals surface area contributed by atoms with E-state index in [9.17, 15) is 22.4 Å². The molecule has 182 valence electrons. The molecule has 7 nitrogen and oxygen atoms in total. The van der Waals surface area contributed by atoms with Gasteiger partial charge in [-0.25, -0.2) is 17.8 Å². The molecular formula is C26H26FN3O4S. The van der Waals surface area contributed by atoms with Gasteiger partial charge in [-0.1, -0.05) is 19.1 Å². The van der Waals surface area contributed by atoms with Gasteiger partial charge in [-0.3, -0.25) is 14.6 Å². The topological polar surface area (TPSA) is 106 Å². The Morgan fingerprint density at radius 1 is 1.20 bits per heavy atom. The third kappa shape index (κ3) is 4.73. The number of sulfone groups is 1. The minimum atomic E-state index is -3.30. The number of nitrogens with zero attached hydrogens (tertiary/aromatic N) is 2. The highest BCUT2D eigenvalue weighted by atomic mass is 32.2. The number of hydrogen-bond acceptors (Lipinski definition) is 6. The second-order valence-corrected chi connectivity index (χ2v) is 11.2. The van der Waals surface area contributed by atoms with Gasteiger partial charge in [-0.2, -0.15) is 0 Å². The van der Waals surface area contributed by atoms with Gasteiger partial charge in [0.15, 0.2) is 15.6 Å². The van der Waals surface area contributed by atoms with Crippen LogP contribution in [0.5, 0.6) is 0 Å². The van der Waals surface area contributed by atoms with E-state index in [-0.39, 0.29) is 34.5 Å². The van der Waals surface area contributed by atoms with E-state index in [4.69, 9.17) is 0 Å². The number of hydrogen-bond donors (Lipinski definition) is 1. The molecule has 1 unspecified atom stereocenters. The van der Waals surface area contributed by atoms with Gasteiger partial charge in [0.2, 0.25) is 5.91 Å². The van der Waals surface area contributed by atoms with Crippen LogP contribution in [-0.2, 0) is 32.9 Å². The standard InChI is InChI=1S/C26H26FN3O4S/c1-4-35(33,34)18-9-7-17(8-10-18)15-22(31)30-21-14-16(2)23-20(29-21)11-12-26(3,25(23)32)24-19(27)6-5-13-28-24/h5-10,13-14H,4,11-12,15H2,1-3H3,(H,29,30,31). The lowest BCUT2D eigenvalue weighted by Crippen LogP contribution is -2.40. The summed E-state index contributed by atoms with van der Waals surface area (Å²) >= 11 is 0. The number of amides is 1. The number of carbonyl (C=O) groups excluding carboxylic acids is 2. The first-order valence-corrected chi connectivity index (χ1v) is 13.0. The number of halogens is 1. The fourth-order valence-corrected chi connectivity index (χ4v) is 5.31. The van der Waals surface area contributed by atoms with Crippen LogP contribution in [0.3, 0.4) is 0 Å². The Balaban J connectivity index is 1.52. The van der Waals surface area contributed by atoms with Crippen LogP contribution >= 0.6 is 0 Å². The molecule has 9 heteroatoms. The number of fused-ring (bicyclic) bond motifs is 1. The molecule has 2 heterocycles. The molecule has 1 atom stereocenters. The Labute approximate surface area is 203 Å². The molecular weight excluding hydrogens is 469 g/mol. The van der Waals surface area contributed by atoms with Crippen molar-refractivity contribution in [2.75, 3.05) is 11.1 Å². The zero-order valence-electron chi connectivity index (χ0n) is 19.8. The van der Waals surface area contributed by atoms with E-state index in [0.717, 1.165) is 0 Å². The van der Waals surface area contributed by atoms with Crippen molar-refractivity contribution in [2.24, 2.45) is 0 Å². The minimum Gasteiger partial charge on any atom is -0.310 e. The van der Waals surface area contributed by atoms with E-state index in [1.807, 2.05) is 0 Å². The Morgan fingerprint density at radius 2 is 1.91 bits per heavy atom. The predicted octanol–water partition coefficient (Wildman–Crippen LogP) is 3.99. The Bertz CT molecular complexity index is 1420. The molecule has 1 N–H and O–H groups in total. The molecule has 1 aromatic carbocycles. The smallest absolute Gasteiger partial charge is 0.229 e. The monoisotopic (exact) mass is 495 g/mol. The summed E-state index contributed by atoms with van der Waals surface area (Å²) in [5, 5.41) is 2.76. The second kappa shape index (κ2) is 9.30. The van der Waals surface area contributed by atoms with Gasteiger partial charge < -0.3 is 5.32 Å². The summed E-state index contributed by atoms with van der Waals surface area (Å²) in [7, 11) is -3.30. The number of aromatic nitrogens is 2. The molecule has 0 bridgehead atoms. The largest absolute Gasteiger partial charge is 0.310 e. The molecule has 0 fully saturated rings. The number of rotatable bonds is 6. The van der Waals surface area contributed by atoms with Crippen LogP contribution in [0.15, 0.2) is 53.6 Å². The van der Waals surface area contributed by atoms with Crippen molar-refractivity contribution in [3.05, 3.63) is 82.6 Å². The molecule has 1 aliphatic carbocycles. The van der Waals surface area contributed by atoms with Crippen LogP contribution < -0.4 is 5.32 Å². The van der Waals surface area contributed by atoms with Crippen molar-refractivity contribution in [1.29, 1.82) is 0 Å². The van der Waals surface area contributed by atoms with Crippen molar-refractivity contribution in [1.82, 2.24) is 9.97 Å². The zero-order valence-corrected chi connectivity index (χ0v) is 20.6. The molecule has 3 aromatic rings.